The average Bonchev–Trinajstić information content (AvgIpc) is 2.63. The topological polar surface area (TPSA) is 79.6 Å². The molecule has 0 aliphatic carbocycles. The summed E-state index contributed by atoms with van der Waals surface area (Å²) < 4.78 is 0. The zero-order valence-electron chi connectivity index (χ0n) is 14.7. The summed E-state index contributed by atoms with van der Waals surface area (Å²) in [7, 11) is 1.68. The maximum absolute atomic E-state index is 11.1. The van der Waals surface area contributed by atoms with Crippen LogP contribution in [0.4, 0.5) is 5.69 Å². The Morgan fingerprint density at radius 1 is 1.15 bits per heavy atom. The van der Waals surface area contributed by atoms with Gasteiger partial charge in [-0.1, -0.05) is 43.3 Å². The van der Waals surface area contributed by atoms with Crippen molar-refractivity contribution in [1.29, 1.82) is 0 Å². The number of nitro benzene ring substituents is 1. The van der Waals surface area contributed by atoms with Crippen molar-refractivity contribution < 1.29 is 4.92 Å². The number of nitro groups is 1. The molecule has 2 aromatic carbocycles. The number of benzene rings is 2. The first-order chi connectivity index (χ1) is 12.1. The molecule has 0 bridgehead atoms. The number of rotatable bonds is 7. The number of para-hydroxylation sites is 1. The third-order valence-corrected chi connectivity index (χ3v) is 4.61. The molecule has 2 rings (SSSR count). The Morgan fingerprint density at radius 3 is 2.46 bits per heavy atom. The van der Waals surface area contributed by atoms with Gasteiger partial charge in [0.2, 0.25) is 0 Å². The molecule has 1 unspecified atom stereocenters. The Kier molecular flexibility index (Phi) is 10.0. The Balaban J connectivity index is 0.00000338. The normalized spacial score (nSPS) is 12.0. The minimum Gasteiger partial charge on any atom is -0.355 e. The van der Waals surface area contributed by atoms with Gasteiger partial charge >= 0.3 is 0 Å². The molecule has 1 atom stereocenters. The first-order valence-electron chi connectivity index (χ1n) is 7.98. The van der Waals surface area contributed by atoms with Crippen LogP contribution >= 0.6 is 35.7 Å². The van der Waals surface area contributed by atoms with Gasteiger partial charge in [-0.2, -0.15) is 0 Å². The third-order valence-electron chi connectivity index (χ3n) is 3.50. The Hall–Kier alpha value is -1.81. The fourth-order valence-electron chi connectivity index (χ4n) is 2.25. The summed E-state index contributed by atoms with van der Waals surface area (Å²) in [6.07, 6.45) is 0. The molecule has 0 radical (unpaired) electrons. The molecule has 0 heterocycles. The number of nitrogens with one attached hydrogen (secondary N) is 2. The lowest BCUT2D eigenvalue weighted by Crippen LogP contribution is -2.39. The monoisotopic (exact) mass is 486 g/mol. The van der Waals surface area contributed by atoms with E-state index in [0.29, 0.717) is 23.3 Å². The van der Waals surface area contributed by atoms with Gasteiger partial charge in [0, 0.05) is 41.9 Å². The molecule has 0 amide bonds. The second-order valence-electron chi connectivity index (χ2n) is 5.43. The Morgan fingerprint density at radius 2 is 1.81 bits per heavy atom. The van der Waals surface area contributed by atoms with Gasteiger partial charge in [0.15, 0.2) is 5.96 Å². The van der Waals surface area contributed by atoms with Crippen LogP contribution in [0.1, 0.15) is 12.5 Å². The van der Waals surface area contributed by atoms with E-state index in [2.05, 4.69) is 34.7 Å². The van der Waals surface area contributed by atoms with Crippen LogP contribution in [-0.2, 0) is 6.54 Å². The number of hydrogen-bond acceptors (Lipinski definition) is 4. The first kappa shape index (κ1) is 22.2. The molecule has 140 valence electrons. The highest BCUT2D eigenvalue weighted by Crippen LogP contribution is 2.22. The van der Waals surface area contributed by atoms with Crippen LogP contribution in [0.2, 0.25) is 0 Å². The van der Waals surface area contributed by atoms with Crippen molar-refractivity contribution in [2.75, 3.05) is 13.6 Å². The summed E-state index contributed by atoms with van der Waals surface area (Å²) in [6, 6.07) is 16.9. The second kappa shape index (κ2) is 11.7. The van der Waals surface area contributed by atoms with Crippen LogP contribution < -0.4 is 10.6 Å². The maximum Gasteiger partial charge on any atom is 0.274 e. The van der Waals surface area contributed by atoms with E-state index in [1.54, 1.807) is 37.0 Å². The molecule has 0 spiro atoms. The molecule has 2 N–H and O–H groups in total. The summed E-state index contributed by atoms with van der Waals surface area (Å²) in [6.45, 7) is 3.22. The quantitative estimate of drug-likeness (QED) is 0.154. The van der Waals surface area contributed by atoms with Crippen LogP contribution in [-0.4, -0.2) is 29.7 Å². The first-order valence-corrected chi connectivity index (χ1v) is 8.86. The predicted octanol–water partition coefficient (Wildman–Crippen LogP) is 4.06. The Bertz CT molecular complexity index is 728. The molecule has 0 saturated heterocycles. The molecular formula is C18H23IN4O2S. The highest BCUT2D eigenvalue weighted by Gasteiger charge is 2.12. The van der Waals surface area contributed by atoms with E-state index in [-0.39, 0.29) is 34.6 Å². The molecular weight excluding hydrogens is 463 g/mol. The van der Waals surface area contributed by atoms with Crippen molar-refractivity contribution >= 4 is 47.4 Å². The summed E-state index contributed by atoms with van der Waals surface area (Å²) in [5.74, 6) is 0.624. The van der Waals surface area contributed by atoms with Gasteiger partial charge in [0.05, 0.1) is 4.92 Å². The molecule has 0 aromatic heterocycles. The van der Waals surface area contributed by atoms with E-state index in [9.17, 15) is 10.1 Å². The molecule has 6 nitrogen and oxygen atoms in total. The Labute approximate surface area is 175 Å². The van der Waals surface area contributed by atoms with Gasteiger partial charge in [-0.25, -0.2) is 0 Å². The van der Waals surface area contributed by atoms with E-state index < -0.39 is 0 Å². The minimum absolute atomic E-state index is 0. The summed E-state index contributed by atoms with van der Waals surface area (Å²) in [4.78, 5) is 16.1. The largest absolute Gasteiger partial charge is 0.355 e. The van der Waals surface area contributed by atoms with Gasteiger partial charge in [-0.05, 0) is 12.1 Å². The predicted molar refractivity (Wildman–Crippen MR) is 118 cm³/mol. The molecule has 26 heavy (non-hydrogen) atoms. The van der Waals surface area contributed by atoms with Crippen LogP contribution in [0, 0.1) is 10.1 Å². The summed E-state index contributed by atoms with van der Waals surface area (Å²) in [5, 5.41) is 17.8. The fraction of sp³-hybridized carbons (Fsp3) is 0.278. The van der Waals surface area contributed by atoms with Crippen LogP contribution in [0.5, 0.6) is 0 Å². The maximum atomic E-state index is 11.1. The molecule has 0 aliphatic rings. The van der Waals surface area contributed by atoms with Crippen molar-refractivity contribution in [3.8, 4) is 0 Å². The van der Waals surface area contributed by atoms with E-state index in [1.807, 2.05) is 18.2 Å². The van der Waals surface area contributed by atoms with E-state index in [4.69, 9.17) is 0 Å². The summed E-state index contributed by atoms with van der Waals surface area (Å²) in [5.41, 5.74) is 0.737. The zero-order valence-corrected chi connectivity index (χ0v) is 17.9. The van der Waals surface area contributed by atoms with Crippen LogP contribution in [0.15, 0.2) is 64.5 Å². The minimum atomic E-state index is -0.369. The smallest absolute Gasteiger partial charge is 0.274 e. The van der Waals surface area contributed by atoms with Crippen molar-refractivity contribution in [3.05, 3.63) is 70.3 Å². The van der Waals surface area contributed by atoms with Crippen LogP contribution in [0.25, 0.3) is 0 Å². The van der Waals surface area contributed by atoms with Gasteiger partial charge < -0.3 is 10.6 Å². The lowest BCUT2D eigenvalue weighted by atomic mass is 10.2. The van der Waals surface area contributed by atoms with E-state index >= 15 is 0 Å². The van der Waals surface area contributed by atoms with E-state index in [0.717, 1.165) is 6.54 Å². The second-order valence-corrected chi connectivity index (χ2v) is 6.95. The SMILES string of the molecule is CN=C(NCc1ccccc1[N+](=O)[O-])NCC(C)Sc1ccccc1.I. The molecule has 8 heteroatoms. The number of halogens is 1. The molecule has 0 aliphatic heterocycles. The molecule has 0 fully saturated rings. The number of hydrogen-bond donors (Lipinski definition) is 2. The highest BCUT2D eigenvalue weighted by atomic mass is 127. The van der Waals surface area contributed by atoms with E-state index in [1.165, 1.54) is 11.0 Å². The zero-order chi connectivity index (χ0) is 18.1. The van der Waals surface area contributed by atoms with Crippen LogP contribution in [0.3, 0.4) is 0 Å². The van der Waals surface area contributed by atoms with Crippen molar-refractivity contribution in [2.24, 2.45) is 4.99 Å². The number of thioether (sulfide) groups is 1. The fourth-order valence-corrected chi connectivity index (χ4v) is 3.20. The highest BCUT2D eigenvalue weighted by molar-refractivity contribution is 14.0. The molecule has 0 saturated carbocycles. The number of nitrogens with zero attached hydrogens (tertiary/aromatic N) is 2. The van der Waals surface area contributed by atoms with Crippen molar-refractivity contribution in [3.63, 3.8) is 0 Å². The summed E-state index contributed by atoms with van der Waals surface area (Å²) >= 11 is 1.78. The standard InChI is InChI=1S/C18H22N4O2S.HI/c1-14(25-16-9-4-3-5-10-16)12-20-18(19-2)21-13-15-8-6-7-11-17(15)22(23)24;/h3-11,14H,12-13H2,1-2H3,(H2,19,20,21);1H. The van der Waals surface area contributed by atoms with Gasteiger partial charge in [-0.15, -0.1) is 35.7 Å². The lowest BCUT2D eigenvalue weighted by Gasteiger charge is -2.16. The van der Waals surface area contributed by atoms with Gasteiger partial charge in [-0.3, -0.25) is 15.1 Å². The third kappa shape index (κ3) is 7.20. The van der Waals surface area contributed by atoms with Crippen molar-refractivity contribution in [1.82, 2.24) is 10.6 Å². The number of aliphatic imine (C=N–C) groups is 1. The molecule has 2 aromatic rings. The lowest BCUT2D eigenvalue weighted by molar-refractivity contribution is -0.385. The van der Waals surface area contributed by atoms with Crippen molar-refractivity contribution in [2.45, 2.75) is 23.6 Å². The van der Waals surface area contributed by atoms with Gasteiger partial charge in [0.1, 0.15) is 0 Å². The average molecular weight is 486 g/mol. The number of guanidine groups is 1. The van der Waals surface area contributed by atoms with Gasteiger partial charge in [0.25, 0.3) is 5.69 Å².